The van der Waals surface area contributed by atoms with Crippen molar-refractivity contribution in [2.45, 2.75) is 12.8 Å². The van der Waals surface area contributed by atoms with E-state index in [2.05, 4.69) is 5.92 Å². The van der Waals surface area contributed by atoms with E-state index >= 15 is 0 Å². The van der Waals surface area contributed by atoms with Crippen molar-refractivity contribution in [1.82, 2.24) is 0 Å². The molecule has 0 unspecified atom stereocenters. The lowest BCUT2D eigenvalue weighted by Crippen LogP contribution is -2.34. The third-order valence-electron chi connectivity index (χ3n) is 3.89. The number of rotatable bonds is 4. The van der Waals surface area contributed by atoms with E-state index in [9.17, 15) is 4.79 Å². The first-order chi connectivity index (χ1) is 10.1. The Balaban J connectivity index is 2.60. The van der Waals surface area contributed by atoms with Crippen molar-refractivity contribution in [3.8, 4) is 12.3 Å². The molecular weight excluding hydrogens is 264 g/mol. The van der Waals surface area contributed by atoms with E-state index in [-0.39, 0.29) is 11.7 Å². The fraction of sp³-hybridized carbons (Fsp3) is 0.278. The van der Waals surface area contributed by atoms with Gasteiger partial charge in [-0.15, -0.1) is 6.42 Å². The molecule has 21 heavy (non-hydrogen) atoms. The summed E-state index contributed by atoms with van der Waals surface area (Å²) in [4.78, 5) is 11.8. The Morgan fingerprint density at radius 3 is 2.05 bits per heavy atom. The predicted octanol–water partition coefficient (Wildman–Crippen LogP) is 3.05. The standard InChI is InChI=1S/C18H18O3/c1-5-15(13-9-7-6-8-10-13)18(2)16(20-3)11-14(19)12-17(18)21-4/h1,6-12,15H,2-4H3/t15-/m0/s1. The summed E-state index contributed by atoms with van der Waals surface area (Å²) in [6, 6.07) is 9.73. The smallest absolute Gasteiger partial charge is 0.185 e. The second kappa shape index (κ2) is 5.88. The molecular formula is C18H18O3. The highest BCUT2D eigenvalue weighted by Gasteiger charge is 2.46. The molecule has 0 N–H and O–H groups in total. The SMILES string of the molecule is C#C[C@@H](c1ccccc1)C1(C)C(OC)=CC(=O)C=C1OC. The number of hydrogen-bond acceptors (Lipinski definition) is 3. The van der Waals surface area contributed by atoms with Gasteiger partial charge >= 0.3 is 0 Å². The van der Waals surface area contributed by atoms with E-state index in [1.165, 1.54) is 26.4 Å². The molecule has 0 saturated carbocycles. The molecule has 0 bridgehead atoms. The summed E-state index contributed by atoms with van der Waals surface area (Å²) in [6.45, 7) is 1.93. The largest absolute Gasteiger partial charge is 0.500 e. The topological polar surface area (TPSA) is 35.5 Å². The molecule has 1 aromatic carbocycles. The molecule has 3 heteroatoms. The third kappa shape index (κ3) is 2.45. The highest BCUT2D eigenvalue weighted by molar-refractivity contribution is 6.01. The van der Waals surface area contributed by atoms with Gasteiger partial charge in [0, 0.05) is 12.2 Å². The second-order valence-corrected chi connectivity index (χ2v) is 5.04. The van der Waals surface area contributed by atoms with Gasteiger partial charge in [0.25, 0.3) is 0 Å². The average Bonchev–Trinajstić information content (AvgIpc) is 2.51. The van der Waals surface area contributed by atoms with Crippen LogP contribution in [0.1, 0.15) is 18.4 Å². The van der Waals surface area contributed by atoms with Gasteiger partial charge in [-0.2, -0.15) is 0 Å². The molecule has 0 amide bonds. The molecule has 1 aromatic rings. The van der Waals surface area contributed by atoms with Gasteiger partial charge in [-0.1, -0.05) is 36.3 Å². The number of allylic oxidation sites excluding steroid dienone is 2. The highest BCUT2D eigenvalue weighted by Crippen LogP contribution is 2.49. The van der Waals surface area contributed by atoms with E-state index in [4.69, 9.17) is 15.9 Å². The fourth-order valence-electron chi connectivity index (χ4n) is 2.79. The Morgan fingerprint density at radius 2 is 1.62 bits per heavy atom. The Morgan fingerprint density at radius 1 is 1.10 bits per heavy atom. The zero-order valence-electron chi connectivity index (χ0n) is 12.4. The molecule has 2 rings (SSSR count). The maximum absolute atomic E-state index is 11.8. The van der Waals surface area contributed by atoms with Crippen LogP contribution in [0.15, 0.2) is 54.0 Å². The Kier molecular flexibility index (Phi) is 4.18. The zero-order chi connectivity index (χ0) is 15.5. The van der Waals surface area contributed by atoms with Gasteiger partial charge in [0.2, 0.25) is 0 Å². The number of ketones is 1. The first-order valence-corrected chi connectivity index (χ1v) is 6.65. The number of ether oxygens (including phenoxy) is 2. The molecule has 0 heterocycles. The van der Waals surface area contributed by atoms with E-state index in [0.717, 1.165) is 5.56 Å². The Hall–Kier alpha value is -2.47. The summed E-state index contributed by atoms with van der Waals surface area (Å²) < 4.78 is 10.9. The maximum Gasteiger partial charge on any atom is 0.185 e. The fourth-order valence-corrected chi connectivity index (χ4v) is 2.79. The summed E-state index contributed by atoms with van der Waals surface area (Å²) in [5, 5.41) is 0. The average molecular weight is 282 g/mol. The molecule has 0 aromatic heterocycles. The van der Waals surface area contributed by atoms with Crippen LogP contribution in [0, 0.1) is 17.8 Å². The summed E-state index contributed by atoms with van der Waals surface area (Å²) in [5.74, 6) is 3.38. The predicted molar refractivity (Wildman–Crippen MR) is 81.3 cm³/mol. The molecule has 108 valence electrons. The van der Waals surface area contributed by atoms with Gasteiger partial charge in [-0.25, -0.2) is 0 Å². The van der Waals surface area contributed by atoms with Gasteiger partial charge in [0.05, 0.1) is 20.1 Å². The van der Waals surface area contributed by atoms with Crippen LogP contribution in [0.3, 0.4) is 0 Å². The molecule has 3 nitrogen and oxygen atoms in total. The van der Waals surface area contributed by atoms with Crippen LogP contribution in [0.5, 0.6) is 0 Å². The summed E-state index contributed by atoms with van der Waals surface area (Å²) >= 11 is 0. The zero-order valence-corrected chi connectivity index (χ0v) is 12.4. The van der Waals surface area contributed by atoms with Crippen molar-refractivity contribution in [3.63, 3.8) is 0 Å². The molecule has 0 saturated heterocycles. The molecule has 0 spiro atoms. The Labute approximate surface area is 125 Å². The number of carbonyl (C=O) groups excluding carboxylic acids is 1. The van der Waals surface area contributed by atoms with Gasteiger partial charge < -0.3 is 9.47 Å². The van der Waals surface area contributed by atoms with Gasteiger partial charge in [-0.3, -0.25) is 4.79 Å². The van der Waals surface area contributed by atoms with E-state index < -0.39 is 5.41 Å². The van der Waals surface area contributed by atoms with Crippen LogP contribution in [0.25, 0.3) is 0 Å². The maximum atomic E-state index is 11.8. The van der Waals surface area contributed by atoms with E-state index in [1.807, 2.05) is 37.3 Å². The van der Waals surface area contributed by atoms with Crippen molar-refractivity contribution in [3.05, 3.63) is 59.6 Å². The van der Waals surface area contributed by atoms with Crippen LogP contribution in [0.4, 0.5) is 0 Å². The Bertz CT molecular complexity index is 608. The third-order valence-corrected chi connectivity index (χ3v) is 3.89. The molecule has 1 aliphatic rings. The second-order valence-electron chi connectivity index (χ2n) is 5.04. The first-order valence-electron chi connectivity index (χ1n) is 6.65. The van der Waals surface area contributed by atoms with Crippen LogP contribution >= 0.6 is 0 Å². The van der Waals surface area contributed by atoms with Crippen LogP contribution in [-0.2, 0) is 14.3 Å². The van der Waals surface area contributed by atoms with Crippen molar-refractivity contribution in [1.29, 1.82) is 0 Å². The summed E-state index contributed by atoms with van der Waals surface area (Å²) in [6.07, 6.45) is 8.72. The number of hydrogen-bond donors (Lipinski definition) is 0. The van der Waals surface area contributed by atoms with Crippen molar-refractivity contribution >= 4 is 5.78 Å². The van der Waals surface area contributed by atoms with Gasteiger partial charge in [-0.05, 0) is 12.5 Å². The monoisotopic (exact) mass is 282 g/mol. The van der Waals surface area contributed by atoms with Crippen LogP contribution in [-0.4, -0.2) is 20.0 Å². The van der Waals surface area contributed by atoms with Crippen LogP contribution < -0.4 is 0 Å². The normalized spacial score (nSPS) is 18.1. The lowest BCUT2D eigenvalue weighted by atomic mass is 9.68. The molecule has 1 aliphatic carbocycles. The number of carbonyl (C=O) groups is 1. The molecule has 0 aliphatic heterocycles. The van der Waals surface area contributed by atoms with Crippen LogP contribution in [0.2, 0.25) is 0 Å². The number of terminal acetylenes is 1. The minimum atomic E-state index is -0.715. The van der Waals surface area contributed by atoms with Gasteiger partial charge in [0.15, 0.2) is 5.78 Å². The molecule has 0 radical (unpaired) electrons. The highest BCUT2D eigenvalue weighted by atomic mass is 16.5. The lowest BCUT2D eigenvalue weighted by Gasteiger charge is -2.38. The summed E-state index contributed by atoms with van der Waals surface area (Å²) in [5.41, 5.74) is 0.260. The molecule has 0 fully saturated rings. The molecule has 1 atom stereocenters. The van der Waals surface area contributed by atoms with E-state index in [0.29, 0.717) is 11.5 Å². The quantitative estimate of drug-likeness (QED) is 0.796. The van der Waals surface area contributed by atoms with E-state index in [1.54, 1.807) is 0 Å². The minimum Gasteiger partial charge on any atom is -0.500 e. The van der Waals surface area contributed by atoms with Crippen molar-refractivity contribution in [2.75, 3.05) is 14.2 Å². The first kappa shape index (κ1) is 14.9. The van der Waals surface area contributed by atoms with Crippen molar-refractivity contribution < 1.29 is 14.3 Å². The minimum absolute atomic E-state index is 0.162. The van der Waals surface area contributed by atoms with Gasteiger partial charge in [0.1, 0.15) is 16.9 Å². The number of methoxy groups -OCH3 is 2. The van der Waals surface area contributed by atoms with Crippen molar-refractivity contribution in [2.24, 2.45) is 5.41 Å². The number of benzene rings is 1. The summed E-state index contributed by atoms with van der Waals surface area (Å²) in [7, 11) is 3.07. The lowest BCUT2D eigenvalue weighted by molar-refractivity contribution is -0.111.